The molecule has 150 valence electrons. The van der Waals surface area contributed by atoms with Crippen molar-refractivity contribution in [2.24, 2.45) is 0 Å². The van der Waals surface area contributed by atoms with E-state index >= 15 is 0 Å². The van der Waals surface area contributed by atoms with Gasteiger partial charge in [0.25, 0.3) is 0 Å². The summed E-state index contributed by atoms with van der Waals surface area (Å²) in [4.78, 5) is 0. The molecule has 0 saturated carbocycles. The smallest absolute Gasteiger partial charge is 0.204 e. The van der Waals surface area contributed by atoms with Gasteiger partial charge in [0.15, 0.2) is 11.5 Å². The molecule has 3 aromatic rings. The second-order valence-corrected chi connectivity index (χ2v) is 7.75. The molecule has 0 aliphatic carbocycles. The van der Waals surface area contributed by atoms with Gasteiger partial charge in [-0.3, -0.25) is 0 Å². The predicted molar refractivity (Wildman–Crippen MR) is 107 cm³/mol. The lowest BCUT2D eigenvalue weighted by molar-refractivity contribution is 0.210. The fraction of sp³-hybridized carbons (Fsp3) is 0.391. The summed E-state index contributed by atoms with van der Waals surface area (Å²) in [7, 11) is 0. The summed E-state index contributed by atoms with van der Waals surface area (Å²) >= 11 is 0. The topological polar surface area (TPSA) is 65.3 Å². The first-order chi connectivity index (χ1) is 14.3. The van der Waals surface area contributed by atoms with E-state index in [1.165, 1.54) is 5.39 Å². The predicted octanol–water partition coefficient (Wildman–Crippen LogP) is 3.33. The summed E-state index contributed by atoms with van der Waals surface area (Å²) in [5.74, 6) is 2.01. The van der Waals surface area contributed by atoms with Crippen LogP contribution >= 0.6 is 0 Å². The van der Waals surface area contributed by atoms with Crippen LogP contribution in [0.15, 0.2) is 42.5 Å². The monoisotopic (exact) mass is 394 g/mol. The number of epoxide rings is 3. The Morgan fingerprint density at radius 3 is 1.83 bits per heavy atom. The minimum Gasteiger partial charge on any atom is -0.487 e. The molecule has 3 saturated heterocycles. The Bertz CT molecular complexity index is 1050. The maximum atomic E-state index is 6.24. The zero-order valence-electron chi connectivity index (χ0n) is 16.0. The van der Waals surface area contributed by atoms with Crippen LogP contribution in [0.1, 0.15) is 0 Å². The van der Waals surface area contributed by atoms with Gasteiger partial charge in [-0.1, -0.05) is 24.3 Å². The van der Waals surface area contributed by atoms with Crippen LogP contribution in [0, 0.1) is 0 Å². The van der Waals surface area contributed by atoms with Crippen molar-refractivity contribution < 1.29 is 28.4 Å². The first kappa shape index (κ1) is 17.3. The Kier molecular flexibility index (Phi) is 4.22. The highest BCUT2D eigenvalue weighted by molar-refractivity contribution is 6.03. The maximum absolute atomic E-state index is 6.24. The lowest BCUT2D eigenvalue weighted by Gasteiger charge is -2.19. The number of fused-ring (bicyclic) bond motifs is 2. The van der Waals surface area contributed by atoms with Gasteiger partial charge in [0.05, 0.1) is 19.8 Å². The van der Waals surface area contributed by atoms with Crippen molar-refractivity contribution in [2.45, 2.75) is 18.3 Å². The standard InChI is InChI=1S/C23H22O6/c1-2-4-15-6-20-16(5-14(15)3-1)7-21(27-11-17-8-24-17)23(29-13-19-10-26-19)22(20)28-12-18-9-25-18/h1-7,17-19H,8-13H2. The molecule has 0 aromatic heterocycles. The number of hydrogen-bond acceptors (Lipinski definition) is 6. The number of ether oxygens (including phenoxy) is 6. The Balaban J connectivity index is 1.47. The molecule has 0 N–H and O–H groups in total. The quantitative estimate of drug-likeness (QED) is 0.410. The average Bonchev–Trinajstić information content (AvgIpc) is 3.60. The number of rotatable bonds is 9. The van der Waals surface area contributed by atoms with Crippen molar-refractivity contribution in [3.05, 3.63) is 42.5 Å². The van der Waals surface area contributed by atoms with Crippen LogP contribution in [0.3, 0.4) is 0 Å². The van der Waals surface area contributed by atoms with E-state index in [1.807, 2.05) is 18.2 Å². The van der Waals surface area contributed by atoms with Crippen molar-refractivity contribution in [1.82, 2.24) is 0 Å². The molecule has 29 heavy (non-hydrogen) atoms. The van der Waals surface area contributed by atoms with Crippen molar-refractivity contribution in [3.8, 4) is 17.2 Å². The van der Waals surface area contributed by atoms with E-state index in [-0.39, 0.29) is 18.3 Å². The number of benzene rings is 3. The summed E-state index contributed by atoms with van der Waals surface area (Å²) in [6.45, 7) is 3.69. The molecule has 3 atom stereocenters. The van der Waals surface area contributed by atoms with Crippen LogP contribution < -0.4 is 14.2 Å². The van der Waals surface area contributed by atoms with Gasteiger partial charge in [-0.05, 0) is 34.4 Å². The molecule has 0 bridgehead atoms. The van der Waals surface area contributed by atoms with E-state index in [9.17, 15) is 0 Å². The van der Waals surface area contributed by atoms with Gasteiger partial charge in [-0.25, -0.2) is 0 Å². The van der Waals surface area contributed by atoms with Gasteiger partial charge in [0.2, 0.25) is 5.75 Å². The van der Waals surface area contributed by atoms with Crippen molar-refractivity contribution in [1.29, 1.82) is 0 Å². The summed E-state index contributed by atoms with van der Waals surface area (Å²) in [5, 5.41) is 4.39. The zero-order chi connectivity index (χ0) is 19.2. The largest absolute Gasteiger partial charge is 0.487 e. The third-order valence-corrected chi connectivity index (χ3v) is 5.34. The first-order valence-corrected chi connectivity index (χ1v) is 10.1. The van der Waals surface area contributed by atoms with Gasteiger partial charge >= 0.3 is 0 Å². The Morgan fingerprint density at radius 2 is 1.21 bits per heavy atom. The molecule has 3 aliphatic rings. The second-order valence-electron chi connectivity index (χ2n) is 7.75. The molecule has 3 aromatic carbocycles. The van der Waals surface area contributed by atoms with Crippen molar-refractivity contribution >= 4 is 21.5 Å². The molecule has 3 unspecified atom stereocenters. The van der Waals surface area contributed by atoms with Gasteiger partial charge in [-0.15, -0.1) is 0 Å². The van der Waals surface area contributed by atoms with Crippen LogP contribution in [0.5, 0.6) is 17.2 Å². The first-order valence-electron chi connectivity index (χ1n) is 10.1. The van der Waals surface area contributed by atoms with Gasteiger partial charge in [-0.2, -0.15) is 0 Å². The highest BCUT2D eigenvalue weighted by Crippen LogP contribution is 2.45. The lowest BCUT2D eigenvalue weighted by atomic mass is 10.0. The van der Waals surface area contributed by atoms with Gasteiger partial charge in [0.1, 0.15) is 38.1 Å². The van der Waals surface area contributed by atoms with E-state index in [4.69, 9.17) is 28.4 Å². The van der Waals surface area contributed by atoms with Crippen molar-refractivity contribution in [3.63, 3.8) is 0 Å². The highest BCUT2D eigenvalue weighted by atomic mass is 16.6. The van der Waals surface area contributed by atoms with Crippen LogP contribution in [0.2, 0.25) is 0 Å². The van der Waals surface area contributed by atoms with E-state index in [2.05, 4.69) is 24.3 Å². The van der Waals surface area contributed by atoms with E-state index in [0.29, 0.717) is 37.1 Å². The molecule has 0 radical (unpaired) electrons. The van der Waals surface area contributed by atoms with E-state index in [0.717, 1.165) is 36.0 Å². The normalized spacial score (nSPS) is 24.5. The fourth-order valence-corrected chi connectivity index (χ4v) is 3.43. The van der Waals surface area contributed by atoms with Crippen LogP contribution in [-0.4, -0.2) is 58.0 Å². The molecule has 3 fully saturated rings. The lowest BCUT2D eigenvalue weighted by Crippen LogP contribution is -2.12. The third-order valence-electron chi connectivity index (χ3n) is 5.34. The van der Waals surface area contributed by atoms with Gasteiger partial charge in [0, 0.05) is 5.39 Å². The Labute approximate surface area is 168 Å². The highest BCUT2D eigenvalue weighted by Gasteiger charge is 2.29. The Hall–Kier alpha value is -2.54. The SMILES string of the molecule is c1ccc2cc3c(OCC4CO4)c(OCC4CO4)c(OCC4CO4)cc3cc2c1. The molecule has 0 spiro atoms. The molecular weight excluding hydrogens is 372 g/mol. The average molecular weight is 394 g/mol. The molecule has 3 heterocycles. The summed E-state index contributed by atoms with van der Waals surface area (Å²) in [6.07, 6.45) is 0.447. The summed E-state index contributed by atoms with van der Waals surface area (Å²) < 4.78 is 34.5. The summed E-state index contributed by atoms with van der Waals surface area (Å²) in [6, 6.07) is 14.7. The van der Waals surface area contributed by atoms with Crippen molar-refractivity contribution in [2.75, 3.05) is 39.6 Å². The molecule has 6 rings (SSSR count). The fourth-order valence-electron chi connectivity index (χ4n) is 3.43. The minimum absolute atomic E-state index is 0.140. The van der Waals surface area contributed by atoms with Gasteiger partial charge < -0.3 is 28.4 Å². The number of hydrogen-bond donors (Lipinski definition) is 0. The molecular formula is C23H22O6. The zero-order valence-corrected chi connectivity index (χ0v) is 16.0. The molecule has 3 aliphatic heterocycles. The van der Waals surface area contributed by atoms with Crippen LogP contribution in [0.25, 0.3) is 21.5 Å². The van der Waals surface area contributed by atoms with Crippen LogP contribution in [-0.2, 0) is 14.2 Å². The summed E-state index contributed by atoms with van der Waals surface area (Å²) in [5.41, 5.74) is 0. The van der Waals surface area contributed by atoms with E-state index < -0.39 is 0 Å². The Morgan fingerprint density at radius 1 is 0.655 bits per heavy atom. The van der Waals surface area contributed by atoms with E-state index in [1.54, 1.807) is 0 Å². The molecule has 6 nitrogen and oxygen atoms in total. The maximum Gasteiger partial charge on any atom is 0.204 e. The molecule has 6 heteroatoms. The second kappa shape index (κ2) is 7.06. The minimum atomic E-state index is 0.140. The molecule has 0 amide bonds. The third kappa shape index (κ3) is 3.83. The van der Waals surface area contributed by atoms with Crippen LogP contribution in [0.4, 0.5) is 0 Å².